The Bertz CT molecular complexity index is 442. The minimum absolute atomic E-state index is 0.151. The first-order valence-corrected chi connectivity index (χ1v) is 7.30. The van der Waals surface area contributed by atoms with Crippen LogP contribution in [0.15, 0.2) is 33.9 Å². The summed E-state index contributed by atoms with van der Waals surface area (Å²) in [4.78, 5) is 13.6. The second kappa shape index (κ2) is 4.96. The normalized spacial score (nSPS) is 10.5. The van der Waals surface area contributed by atoms with Gasteiger partial charge in [0, 0.05) is 0 Å². The smallest absolute Gasteiger partial charge is 0.212 e. The van der Waals surface area contributed by atoms with Crippen molar-refractivity contribution in [3.05, 3.63) is 39.4 Å². The van der Waals surface area contributed by atoms with E-state index in [1.807, 2.05) is 29.6 Å². The lowest BCUT2D eigenvalue weighted by molar-refractivity contribution is 0.104. The third-order valence-electron chi connectivity index (χ3n) is 1.84. The quantitative estimate of drug-likeness (QED) is 0.602. The molecular weight excluding hydrogens is 244 g/mol. The number of carbonyl (C=O) groups excluding carboxylic acids is 1. The van der Waals surface area contributed by atoms with E-state index in [4.69, 9.17) is 0 Å². The Hall–Kier alpha value is -0.580. The van der Waals surface area contributed by atoms with E-state index < -0.39 is 0 Å². The molecule has 0 aliphatic heterocycles. The van der Waals surface area contributed by atoms with Crippen LogP contribution in [0.3, 0.4) is 0 Å². The molecule has 15 heavy (non-hydrogen) atoms. The maximum atomic E-state index is 11.9. The first-order chi connectivity index (χ1) is 7.31. The highest BCUT2D eigenvalue weighted by molar-refractivity contribution is 8.01. The monoisotopic (exact) mass is 254 g/mol. The first kappa shape index (κ1) is 10.9. The minimum Gasteiger partial charge on any atom is -0.287 e. The Balaban J connectivity index is 2.19. The number of thiophene rings is 2. The van der Waals surface area contributed by atoms with Gasteiger partial charge < -0.3 is 0 Å². The van der Waals surface area contributed by atoms with Crippen molar-refractivity contribution in [3.63, 3.8) is 0 Å². The summed E-state index contributed by atoms with van der Waals surface area (Å²) in [6.07, 6.45) is 0. The summed E-state index contributed by atoms with van der Waals surface area (Å²) in [5.74, 6) is 1.20. The molecule has 0 unspecified atom stereocenters. The van der Waals surface area contributed by atoms with Gasteiger partial charge in [-0.1, -0.05) is 13.0 Å². The molecule has 78 valence electrons. The van der Waals surface area contributed by atoms with Gasteiger partial charge in [-0.15, -0.1) is 34.4 Å². The van der Waals surface area contributed by atoms with Gasteiger partial charge in [0.1, 0.15) is 0 Å². The van der Waals surface area contributed by atoms with Gasteiger partial charge in [0.25, 0.3) is 0 Å². The number of hydrogen-bond donors (Lipinski definition) is 0. The van der Waals surface area contributed by atoms with Crippen molar-refractivity contribution < 1.29 is 4.79 Å². The minimum atomic E-state index is 0.151. The fourth-order valence-electron chi connectivity index (χ4n) is 1.19. The third-order valence-corrected chi connectivity index (χ3v) is 4.90. The molecule has 4 heteroatoms. The Morgan fingerprint density at radius 3 is 2.87 bits per heavy atom. The molecule has 0 aliphatic rings. The molecule has 0 amide bonds. The molecule has 0 aliphatic carbocycles. The highest BCUT2D eigenvalue weighted by atomic mass is 32.2. The second-order valence-electron chi connectivity index (χ2n) is 2.86. The molecule has 0 N–H and O–H groups in total. The van der Waals surface area contributed by atoms with Crippen LogP contribution < -0.4 is 0 Å². The van der Waals surface area contributed by atoms with Crippen molar-refractivity contribution in [3.8, 4) is 0 Å². The highest BCUT2D eigenvalue weighted by Crippen LogP contribution is 2.29. The topological polar surface area (TPSA) is 17.1 Å². The fraction of sp³-hybridized carbons (Fsp3) is 0.182. The van der Waals surface area contributed by atoms with Crippen LogP contribution in [0.4, 0.5) is 0 Å². The second-order valence-corrected chi connectivity index (χ2v) is 6.45. The van der Waals surface area contributed by atoms with Crippen LogP contribution in [0.5, 0.6) is 0 Å². The summed E-state index contributed by atoms with van der Waals surface area (Å²) in [7, 11) is 0. The van der Waals surface area contributed by atoms with Gasteiger partial charge in [-0.25, -0.2) is 0 Å². The summed E-state index contributed by atoms with van der Waals surface area (Å²) in [6, 6.07) is 7.73. The molecule has 0 saturated heterocycles. The van der Waals surface area contributed by atoms with Gasteiger partial charge in [0.05, 0.1) is 14.0 Å². The molecule has 0 saturated carbocycles. The van der Waals surface area contributed by atoms with Gasteiger partial charge in [0.15, 0.2) is 0 Å². The molecule has 2 aromatic rings. The Labute approximate surface area is 101 Å². The van der Waals surface area contributed by atoms with E-state index in [-0.39, 0.29) is 5.78 Å². The van der Waals surface area contributed by atoms with Crippen LogP contribution in [0.1, 0.15) is 21.5 Å². The van der Waals surface area contributed by atoms with E-state index in [0.717, 1.165) is 15.5 Å². The maximum Gasteiger partial charge on any atom is 0.212 e. The largest absolute Gasteiger partial charge is 0.287 e. The molecule has 1 nitrogen and oxygen atoms in total. The van der Waals surface area contributed by atoms with E-state index in [0.29, 0.717) is 0 Å². The highest BCUT2D eigenvalue weighted by Gasteiger charge is 2.12. The van der Waals surface area contributed by atoms with Gasteiger partial charge in [-0.3, -0.25) is 4.79 Å². The van der Waals surface area contributed by atoms with Gasteiger partial charge >= 0.3 is 0 Å². The predicted molar refractivity (Wildman–Crippen MR) is 68.5 cm³/mol. The summed E-state index contributed by atoms with van der Waals surface area (Å²) in [5, 5.41) is 1.93. The van der Waals surface area contributed by atoms with Gasteiger partial charge in [-0.2, -0.15) is 0 Å². The van der Waals surface area contributed by atoms with Crippen molar-refractivity contribution in [2.24, 2.45) is 0 Å². The van der Waals surface area contributed by atoms with E-state index in [9.17, 15) is 4.79 Å². The lowest BCUT2D eigenvalue weighted by atomic mass is 10.3. The van der Waals surface area contributed by atoms with Crippen molar-refractivity contribution in [1.29, 1.82) is 0 Å². The van der Waals surface area contributed by atoms with Crippen LogP contribution in [-0.4, -0.2) is 11.5 Å². The molecule has 0 spiro atoms. The van der Waals surface area contributed by atoms with E-state index >= 15 is 0 Å². The van der Waals surface area contributed by atoms with E-state index in [2.05, 4.69) is 6.92 Å². The summed E-state index contributed by atoms with van der Waals surface area (Å²) in [5.41, 5.74) is 0. The Kier molecular flexibility index (Phi) is 3.61. The molecule has 0 aromatic carbocycles. The van der Waals surface area contributed by atoms with Gasteiger partial charge in [-0.05, 0) is 29.3 Å². The molecule has 0 bridgehead atoms. The van der Waals surface area contributed by atoms with Crippen LogP contribution in [0.25, 0.3) is 0 Å². The number of hydrogen-bond acceptors (Lipinski definition) is 4. The molecule has 2 rings (SSSR count). The molecule has 0 radical (unpaired) electrons. The predicted octanol–water partition coefficient (Wildman–Crippen LogP) is 4.15. The lowest BCUT2D eigenvalue weighted by Crippen LogP contribution is -1.93. The Morgan fingerprint density at radius 2 is 2.20 bits per heavy atom. The average molecular weight is 254 g/mol. The molecule has 2 aromatic heterocycles. The zero-order chi connectivity index (χ0) is 10.7. The van der Waals surface area contributed by atoms with Crippen LogP contribution in [0, 0.1) is 0 Å². The number of ketones is 1. The zero-order valence-corrected chi connectivity index (χ0v) is 10.7. The molecular formula is C11H10OS3. The van der Waals surface area contributed by atoms with Crippen molar-refractivity contribution in [2.75, 3.05) is 5.75 Å². The van der Waals surface area contributed by atoms with Crippen LogP contribution in [0.2, 0.25) is 0 Å². The summed E-state index contributed by atoms with van der Waals surface area (Å²) in [6.45, 7) is 2.12. The SMILES string of the molecule is CCSc1ccc(C(=O)c2cccs2)s1. The van der Waals surface area contributed by atoms with E-state index in [1.54, 1.807) is 23.1 Å². The Morgan fingerprint density at radius 1 is 1.33 bits per heavy atom. The van der Waals surface area contributed by atoms with E-state index in [1.165, 1.54) is 15.5 Å². The van der Waals surface area contributed by atoms with Crippen molar-refractivity contribution >= 4 is 40.2 Å². The first-order valence-electron chi connectivity index (χ1n) is 4.62. The standard InChI is InChI=1S/C11H10OS3/c1-2-13-10-6-5-9(15-10)11(12)8-4-3-7-14-8/h3-7H,2H2,1H3. The number of rotatable bonds is 4. The lowest BCUT2D eigenvalue weighted by Gasteiger charge is -1.92. The average Bonchev–Trinajstić information content (AvgIpc) is 2.87. The van der Waals surface area contributed by atoms with Gasteiger partial charge in [0.2, 0.25) is 5.78 Å². The fourth-order valence-corrected chi connectivity index (χ4v) is 3.93. The molecule has 2 heterocycles. The van der Waals surface area contributed by atoms with Crippen LogP contribution in [-0.2, 0) is 0 Å². The number of carbonyl (C=O) groups is 1. The third kappa shape index (κ3) is 2.51. The zero-order valence-electron chi connectivity index (χ0n) is 8.23. The maximum absolute atomic E-state index is 11.9. The molecule has 0 fully saturated rings. The van der Waals surface area contributed by atoms with Crippen molar-refractivity contribution in [2.45, 2.75) is 11.1 Å². The number of thioether (sulfide) groups is 1. The summed E-state index contributed by atoms with van der Waals surface area (Å²) >= 11 is 4.86. The van der Waals surface area contributed by atoms with Crippen molar-refractivity contribution in [1.82, 2.24) is 0 Å². The summed E-state index contributed by atoms with van der Waals surface area (Å²) < 4.78 is 1.22. The molecule has 0 atom stereocenters. The van der Waals surface area contributed by atoms with Crippen LogP contribution >= 0.6 is 34.4 Å².